The molecule has 3 rings (SSSR count). The second-order valence-electron chi connectivity index (χ2n) is 6.83. The molecule has 5 heteroatoms. The molecular weight excluding hydrogens is 326 g/mol. The van der Waals surface area contributed by atoms with Crippen molar-refractivity contribution in [2.45, 2.75) is 52.0 Å². The van der Waals surface area contributed by atoms with Crippen molar-refractivity contribution < 1.29 is 9.59 Å². The van der Waals surface area contributed by atoms with Crippen molar-refractivity contribution in [3.05, 3.63) is 58.9 Å². The molecule has 0 spiro atoms. The van der Waals surface area contributed by atoms with Gasteiger partial charge in [0.2, 0.25) is 0 Å². The highest BCUT2D eigenvalue weighted by Crippen LogP contribution is 2.22. The molecule has 5 nitrogen and oxygen atoms in total. The minimum absolute atomic E-state index is 0.163. The lowest BCUT2D eigenvalue weighted by molar-refractivity contribution is 0.0937. The van der Waals surface area contributed by atoms with Crippen molar-refractivity contribution in [1.82, 2.24) is 10.3 Å². The van der Waals surface area contributed by atoms with Crippen LogP contribution in [0.5, 0.6) is 0 Å². The van der Waals surface area contributed by atoms with Crippen LogP contribution in [0, 0.1) is 6.92 Å². The third kappa shape index (κ3) is 4.10. The average Bonchev–Trinajstić information content (AvgIpc) is 3.16. The van der Waals surface area contributed by atoms with Crippen molar-refractivity contribution in [2.75, 3.05) is 5.32 Å². The van der Waals surface area contributed by atoms with Crippen LogP contribution < -0.4 is 10.6 Å². The summed E-state index contributed by atoms with van der Waals surface area (Å²) in [5.74, 6) is -0.416. The van der Waals surface area contributed by atoms with Gasteiger partial charge in [-0.2, -0.15) is 0 Å². The number of aromatic nitrogens is 1. The summed E-state index contributed by atoms with van der Waals surface area (Å²) in [6, 6.07) is 7.81. The van der Waals surface area contributed by atoms with Crippen LogP contribution >= 0.6 is 0 Å². The number of carbonyl (C=O) groups is 2. The van der Waals surface area contributed by atoms with Gasteiger partial charge in [0.15, 0.2) is 0 Å². The molecule has 1 fully saturated rings. The molecule has 1 aliphatic carbocycles. The Bertz CT molecular complexity index is 811. The fourth-order valence-corrected chi connectivity index (χ4v) is 3.41. The van der Waals surface area contributed by atoms with Crippen LogP contribution in [0.4, 0.5) is 5.69 Å². The third-order valence-corrected chi connectivity index (χ3v) is 4.93. The second kappa shape index (κ2) is 8.13. The highest BCUT2D eigenvalue weighted by Gasteiger charge is 2.19. The standard InChI is InChI=1S/C21H25N3O2/c1-3-15-8-6-7-14(2)19(15)24-21(26)17-11-16(12-22-13-17)20(25)23-18-9-4-5-10-18/h6-8,11-13,18H,3-5,9-10H2,1-2H3,(H,23,25)(H,24,26). The Hall–Kier alpha value is -2.69. The lowest BCUT2D eigenvalue weighted by Crippen LogP contribution is -2.32. The second-order valence-corrected chi connectivity index (χ2v) is 6.83. The Balaban J connectivity index is 1.75. The third-order valence-electron chi connectivity index (χ3n) is 4.93. The van der Waals surface area contributed by atoms with Crippen molar-refractivity contribution in [3.8, 4) is 0 Å². The number of pyridine rings is 1. The minimum Gasteiger partial charge on any atom is -0.349 e. The summed E-state index contributed by atoms with van der Waals surface area (Å²) in [6.07, 6.45) is 8.18. The van der Waals surface area contributed by atoms with E-state index in [2.05, 4.69) is 22.5 Å². The van der Waals surface area contributed by atoms with E-state index < -0.39 is 0 Å². The molecule has 1 aromatic carbocycles. The molecule has 0 unspecified atom stereocenters. The summed E-state index contributed by atoms with van der Waals surface area (Å²) in [6.45, 7) is 4.03. The summed E-state index contributed by atoms with van der Waals surface area (Å²) in [5, 5.41) is 6.00. The number of amides is 2. The number of anilines is 1. The highest BCUT2D eigenvalue weighted by molar-refractivity contribution is 6.06. The largest absolute Gasteiger partial charge is 0.349 e. The van der Waals surface area contributed by atoms with Crippen LogP contribution in [-0.4, -0.2) is 22.8 Å². The van der Waals surface area contributed by atoms with Gasteiger partial charge in [-0.3, -0.25) is 14.6 Å². The molecule has 26 heavy (non-hydrogen) atoms. The van der Waals surface area contributed by atoms with Gasteiger partial charge in [0.1, 0.15) is 0 Å². The van der Waals surface area contributed by atoms with Gasteiger partial charge < -0.3 is 10.6 Å². The number of nitrogens with one attached hydrogen (secondary N) is 2. The van der Waals surface area contributed by atoms with Crippen molar-refractivity contribution in [1.29, 1.82) is 0 Å². The first-order valence-electron chi connectivity index (χ1n) is 9.24. The van der Waals surface area contributed by atoms with Gasteiger partial charge in [0.05, 0.1) is 11.1 Å². The monoisotopic (exact) mass is 351 g/mol. The van der Waals surface area contributed by atoms with Crippen LogP contribution in [0.3, 0.4) is 0 Å². The molecule has 0 aliphatic heterocycles. The van der Waals surface area contributed by atoms with E-state index in [1.165, 1.54) is 12.4 Å². The number of benzene rings is 1. The molecule has 1 heterocycles. The molecule has 0 bridgehead atoms. The zero-order valence-corrected chi connectivity index (χ0v) is 15.3. The zero-order chi connectivity index (χ0) is 18.5. The van der Waals surface area contributed by atoms with E-state index in [4.69, 9.17) is 0 Å². The molecule has 0 radical (unpaired) electrons. The molecule has 2 N–H and O–H groups in total. The van der Waals surface area contributed by atoms with Gasteiger partial charge in [-0.05, 0) is 43.4 Å². The Morgan fingerprint density at radius 1 is 1.12 bits per heavy atom. The maximum absolute atomic E-state index is 12.7. The Morgan fingerprint density at radius 3 is 2.50 bits per heavy atom. The van der Waals surface area contributed by atoms with Gasteiger partial charge >= 0.3 is 0 Å². The van der Waals surface area contributed by atoms with Gasteiger partial charge in [-0.15, -0.1) is 0 Å². The van der Waals surface area contributed by atoms with Crippen LogP contribution in [0.1, 0.15) is 64.4 Å². The lowest BCUT2D eigenvalue weighted by atomic mass is 10.1. The van der Waals surface area contributed by atoms with Gasteiger partial charge in [-0.25, -0.2) is 0 Å². The first-order valence-corrected chi connectivity index (χ1v) is 9.24. The van der Waals surface area contributed by atoms with E-state index in [1.807, 2.05) is 25.1 Å². The number of hydrogen-bond donors (Lipinski definition) is 2. The first kappa shape index (κ1) is 18.1. The fourth-order valence-electron chi connectivity index (χ4n) is 3.41. The van der Waals surface area contributed by atoms with Gasteiger partial charge in [0.25, 0.3) is 11.8 Å². The summed E-state index contributed by atoms with van der Waals surface area (Å²) >= 11 is 0. The topological polar surface area (TPSA) is 71.1 Å². The zero-order valence-electron chi connectivity index (χ0n) is 15.3. The molecule has 1 aliphatic rings. The fraction of sp³-hybridized carbons (Fsp3) is 0.381. The average molecular weight is 351 g/mol. The summed E-state index contributed by atoms with van der Waals surface area (Å²) < 4.78 is 0. The Kier molecular flexibility index (Phi) is 5.66. The van der Waals surface area contributed by atoms with E-state index >= 15 is 0 Å². The molecule has 1 aromatic heterocycles. The van der Waals surface area contributed by atoms with E-state index in [-0.39, 0.29) is 17.9 Å². The number of hydrogen-bond acceptors (Lipinski definition) is 3. The summed E-state index contributed by atoms with van der Waals surface area (Å²) in [5.41, 5.74) is 3.74. The number of rotatable bonds is 5. The lowest BCUT2D eigenvalue weighted by Gasteiger charge is -2.14. The normalized spacial score (nSPS) is 14.2. The first-order chi connectivity index (χ1) is 12.6. The van der Waals surface area contributed by atoms with E-state index in [1.54, 1.807) is 6.07 Å². The SMILES string of the molecule is CCc1cccc(C)c1NC(=O)c1cncc(C(=O)NC2CCCC2)c1. The Morgan fingerprint density at radius 2 is 1.81 bits per heavy atom. The van der Waals surface area contributed by atoms with Gasteiger partial charge in [0, 0.05) is 24.1 Å². The van der Waals surface area contributed by atoms with E-state index in [0.717, 1.165) is 48.9 Å². The van der Waals surface area contributed by atoms with Crippen molar-refractivity contribution in [2.24, 2.45) is 0 Å². The van der Waals surface area contributed by atoms with E-state index in [0.29, 0.717) is 11.1 Å². The van der Waals surface area contributed by atoms with Crippen LogP contribution in [0.2, 0.25) is 0 Å². The van der Waals surface area contributed by atoms with Crippen LogP contribution in [-0.2, 0) is 6.42 Å². The number of carbonyl (C=O) groups excluding carboxylic acids is 2. The molecule has 2 amide bonds. The molecule has 0 atom stereocenters. The summed E-state index contributed by atoms with van der Waals surface area (Å²) in [4.78, 5) is 29.2. The molecule has 136 valence electrons. The molecule has 0 saturated heterocycles. The molecular formula is C21H25N3O2. The Labute approximate surface area is 154 Å². The van der Waals surface area contributed by atoms with Crippen molar-refractivity contribution in [3.63, 3.8) is 0 Å². The molecule has 1 saturated carbocycles. The number of nitrogens with zero attached hydrogens (tertiary/aromatic N) is 1. The number of para-hydroxylation sites is 1. The minimum atomic E-state index is -0.253. The maximum Gasteiger partial charge on any atom is 0.257 e. The van der Waals surface area contributed by atoms with Crippen LogP contribution in [0.15, 0.2) is 36.7 Å². The maximum atomic E-state index is 12.7. The highest BCUT2D eigenvalue weighted by atomic mass is 16.2. The quantitative estimate of drug-likeness (QED) is 0.859. The van der Waals surface area contributed by atoms with Gasteiger partial charge in [-0.1, -0.05) is 38.0 Å². The number of aryl methyl sites for hydroxylation is 2. The molecule has 2 aromatic rings. The summed E-state index contributed by atoms with van der Waals surface area (Å²) in [7, 11) is 0. The van der Waals surface area contributed by atoms with Crippen LogP contribution in [0.25, 0.3) is 0 Å². The predicted molar refractivity (Wildman–Crippen MR) is 102 cm³/mol. The smallest absolute Gasteiger partial charge is 0.257 e. The van der Waals surface area contributed by atoms with E-state index in [9.17, 15) is 9.59 Å². The predicted octanol–water partition coefficient (Wildman–Crippen LogP) is 3.88. The van der Waals surface area contributed by atoms with Crippen molar-refractivity contribution >= 4 is 17.5 Å².